The average molecular weight is 335 g/mol. The van der Waals surface area contributed by atoms with E-state index in [-0.39, 0.29) is 42.2 Å². The van der Waals surface area contributed by atoms with Gasteiger partial charge in [-0.2, -0.15) is 4.98 Å². The number of hydrogen-bond donors (Lipinski definition) is 3. The molecular formula is C15H21N5O4. The molecule has 0 aliphatic carbocycles. The lowest BCUT2D eigenvalue weighted by molar-refractivity contribution is -0.119. The summed E-state index contributed by atoms with van der Waals surface area (Å²) < 4.78 is 7.38. The number of imidazole rings is 1. The van der Waals surface area contributed by atoms with Crippen LogP contribution in [0.1, 0.15) is 39.3 Å². The molecule has 1 unspecified atom stereocenters. The maximum atomic E-state index is 12.2. The third-order valence-corrected chi connectivity index (χ3v) is 4.33. The van der Waals surface area contributed by atoms with Crippen molar-refractivity contribution in [1.82, 2.24) is 19.5 Å². The quantitative estimate of drug-likeness (QED) is 0.742. The molecule has 0 spiro atoms. The van der Waals surface area contributed by atoms with Crippen LogP contribution in [0.25, 0.3) is 11.2 Å². The first-order valence-corrected chi connectivity index (χ1v) is 8.07. The monoisotopic (exact) mass is 335 g/mol. The van der Waals surface area contributed by atoms with Crippen molar-refractivity contribution in [3.63, 3.8) is 0 Å². The number of fused-ring (bicyclic) bond motifs is 1. The Labute approximate surface area is 138 Å². The van der Waals surface area contributed by atoms with E-state index in [1.54, 1.807) is 11.5 Å². The number of aliphatic hydroxyl groups excluding tert-OH is 1. The summed E-state index contributed by atoms with van der Waals surface area (Å²) >= 11 is 0. The van der Waals surface area contributed by atoms with Crippen LogP contribution >= 0.6 is 0 Å². The minimum absolute atomic E-state index is 0.0483. The van der Waals surface area contributed by atoms with E-state index in [0.717, 1.165) is 6.42 Å². The van der Waals surface area contributed by atoms with Crippen LogP contribution in [0.15, 0.2) is 11.1 Å². The predicted octanol–water partition coefficient (Wildman–Crippen LogP) is 0.774. The molecule has 1 amide bonds. The zero-order valence-corrected chi connectivity index (χ0v) is 13.7. The zero-order valence-electron chi connectivity index (χ0n) is 13.7. The largest absolute Gasteiger partial charge is 0.394 e. The van der Waals surface area contributed by atoms with Gasteiger partial charge in [0.15, 0.2) is 11.2 Å². The Kier molecular flexibility index (Phi) is 4.63. The highest BCUT2D eigenvalue weighted by Gasteiger charge is 2.28. The average Bonchev–Trinajstić information content (AvgIpc) is 3.20. The van der Waals surface area contributed by atoms with Crippen molar-refractivity contribution in [2.75, 3.05) is 11.9 Å². The molecule has 3 rings (SSSR count). The number of carbonyl (C=O) groups excluding carboxylic acids is 1. The maximum Gasteiger partial charge on any atom is 0.280 e. The molecule has 0 aromatic carbocycles. The highest BCUT2D eigenvalue weighted by Crippen LogP contribution is 2.29. The minimum atomic E-state index is -0.421. The summed E-state index contributed by atoms with van der Waals surface area (Å²) in [5.41, 5.74) is 0.115. The second kappa shape index (κ2) is 6.70. The van der Waals surface area contributed by atoms with Crippen LogP contribution in [-0.4, -0.2) is 43.2 Å². The van der Waals surface area contributed by atoms with Crippen molar-refractivity contribution in [2.45, 2.75) is 45.4 Å². The molecule has 9 nitrogen and oxygen atoms in total. The van der Waals surface area contributed by atoms with Crippen molar-refractivity contribution >= 4 is 23.0 Å². The number of anilines is 1. The van der Waals surface area contributed by atoms with Crippen molar-refractivity contribution in [3.05, 3.63) is 16.7 Å². The number of nitrogens with one attached hydrogen (secondary N) is 2. The van der Waals surface area contributed by atoms with E-state index in [9.17, 15) is 14.7 Å². The fraction of sp³-hybridized carbons (Fsp3) is 0.600. The summed E-state index contributed by atoms with van der Waals surface area (Å²) in [6.45, 7) is 3.67. The number of carbonyl (C=O) groups is 1. The Bertz CT molecular complexity index is 799. The van der Waals surface area contributed by atoms with E-state index in [0.29, 0.717) is 18.5 Å². The molecule has 130 valence electrons. The van der Waals surface area contributed by atoms with Gasteiger partial charge in [-0.15, -0.1) is 0 Å². The summed E-state index contributed by atoms with van der Waals surface area (Å²) in [5.74, 6) is -0.292. The number of amides is 1. The second-order valence-corrected chi connectivity index (χ2v) is 6.01. The first-order valence-electron chi connectivity index (χ1n) is 8.07. The first-order chi connectivity index (χ1) is 11.5. The Morgan fingerprint density at radius 3 is 3.04 bits per heavy atom. The van der Waals surface area contributed by atoms with Crippen molar-refractivity contribution in [1.29, 1.82) is 0 Å². The highest BCUT2D eigenvalue weighted by atomic mass is 16.5. The van der Waals surface area contributed by atoms with Crippen molar-refractivity contribution in [3.8, 4) is 0 Å². The lowest BCUT2D eigenvalue weighted by atomic mass is 10.1. The Balaban J connectivity index is 1.93. The molecule has 1 aliphatic rings. The van der Waals surface area contributed by atoms with E-state index in [2.05, 4.69) is 20.3 Å². The number of nitrogens with zero attached hydrogens (tertiary/aromatic N) is 3. The zero-order chi connectivity index (χ0) is 17.3. The van der Waals surface area contributed by atoms with Gasteiger partial charge in [-0.3, -0.25) is 24.5 Å². The molecule has 24 heavy (non-hydrogen) atoms. The Hall–Kier alpha value is -2.26. The van der Waals surface area contributed by atoms with E-state index >= 15 is 0 Å². The standard InChI is InChI=1S/C15H21N5O4/c1-3-8(2)13(22)18-15-17-12-11(14(23)19-15)16-7-20(12)10-5-4-9(6-21)24-10/h7-10,21H,3-6H2,1-2H3,(H2,17,18,19,22,23)/t8?,9-,10+/m0/s1. The van der Waals surface area contributed by atoms with Crippen LogP contribution in [0.4, 0.5) is 5.95 Å². The summed E-state index contributed by atoms with van der Waals surface area (Å²) in [5, 5.41) is 11.8. The van der Waals surface area contributed by atoms with Gasteiger partial charge in [-0.1, -0.05) is 13.8 Å². The molecule has 0 radical (unpaired) electrons. The summed E-state index contributed by atoms with van der Waals surface area (Å²) in [4.78, 5) is 35.1. The van der Waals surface area contributed by atoms with Gasteiger partial charge in [0.25, 0.3) is 5.56 Å². The summed E-state index contributed by atoms with van der Waals surface area (Å²) in [6.07, 6.45) is 3.05. The van der Waals surface area contributed by atoms with E-state index in [1.807, 2.05) is 6.92 Å². The molecular weight excluding hydrogens is 314 g/mol. The SMILES string of the molecule is CCC(C)C(=O)Nc1nc2c(ncn2[C@H]2CC[C@@H](CO)O2)c(=O)[nH]1. The van der Waals surface area contributed by atoms with Gasteiger partial charge in [0.1, 0.15) is 6.23 Å². The third-order valence-electron chi connectivity index (χ3n) is 4.33. The Morgan fingerprint density at radius 1 is 1.58 bits per heavy atom. The molecule has 3 heterocycles. The van der Waals surface area contributed by atoms with Gasteiger partial charge in [0.2, 0.25) is 11.9 Å². The number of aromatic nitrogens is 4. The summed E-state index contributed by atoms with van der Waals surface area (Å²) in [7, 11) is 0. The first kappa shape index (κ1) is 16.6. The minimum Gasteiger partial charge on any atom is -0.394 e. The van der Waals surface area contributed by atoms with Crippen LogP contribution in [0.3, 0.4) is 0 Å². The normalized spacial score (nSPS) is 22.0. The number of rotatable bonds is 5. The van der Waals surface area contributed by atoms with Crippen LogP contribution < -0.4 is 10.9 Å². The van der Waals surface area contributed by atoms with Crippen LogP contribution in [-0.2, 0) is 9.53 Å². The maximum absolute atomic E-state index is 12.2. The van der Waals surface area contributed by atoms with Gasteiger partial charge in [-0.05, 0) is 19.3 Å². The van der Waals surface area contributed by atoms with Gasteiger partial charge in [0, 0.05) is 5.92 Å². The molecule has 2 aromatic rings. The third kappa shape index (κ3) is 3.04. The molecule has 9 heteroatoms. The fourth-order valence-electron chi connectivity index (χ4n) is 2.65. The lowest BCUT2D eigenvalue weighted by Crippen LogP contribution is -2.23. The topological polar surface area (TPSA) is 122 Å². The van der Waals surface area contributed by atoms with E-state index in [1.165, 1.54) is 6.33 Å². The molecule has 1 fully saturated rings. The molecule has 1 aliphatic heterocycles. The van der Waals surface area contributed by atoms with E-state index < -0.39 is 5.56 Å². The smallest absolute Gasteiger partial charge is 0.280 e. The molecule has 3 N–H and O–H groups in total. The molecule has 1 saturated heterocycles. The molecule has 3 atom stereocenters. The number of aliphatic hydroxyl groups is 1. The lowest BCUT2D eigenvalue weighted by Gasteiger charge is -2.14. The second-order valence-electron chi connectivity index (χ2n) is 6.01. The van der Waals surface area contributed by atoms with Crippen molar-refractivity contribution in [2.24, 2.45) is 5.92 Å². The number of H-pyrrole nitrogens is 1. The number of ether oxygens (including phenoxy) is 1. The number of aromatic amines is 1. The van der Waals surface area contributed by atoms with Gasteiger partial charge in [-0.25, -0.2) is 4.98 Å². The Morgan fingerprint density at radius 2 is 2.38 bits per heavy atom. The molecule has 2 aromatic heterocycles. The van der Waals surface area contributed by atoms with Crippen LogP contribution in [0, 0.1) is 5.92 Å². The van der Waals surface area contributed by atoms with Gasteiger partial charge >= 0.3 is 0 Å². The predicted molar refractivity (Wildman–Crippen MR) is 86.5 cm³/mol. The fourth-order valence-corrected chi connectivity index (χ4v) is 2.65. The molecule has 0 bridgehead atoms. The van der Waals surface area contributed by atoms with Crippen molar-refractivity contribution < 1.29 is 14.6 Å². The highest BCUT2D eigenvalue weighted by molar-refractivity contribution is 5.91. The van der Waals surface area contributed by atoms with Gasteiger partial charge in [0.05, 0.1) is 19.0 Å². The van der Waals surface area contributed by atoms with Crippen LogP contribution in [0.5, 0.6) is 0 Å². The van der Waals surface area contributed by atoms with Crippen LogP contribution in [0.2, 0.25) is 0 Å². The van der Waals surface area contributed by atoms with Gasteiger partial charge < -0.3 is 9.84 Å². The summed E-state index contributed by atoms with van der Waals surface area (Å²) in [6, 6.07) is 0. The molecule has 0 saturated carbocycles. The number of hydrogen-bond acceptors (Lipinski definition) is 6. The van der Waals surface area contributed by atoms with E-state index in [4.69, 9.17) is 4.74 Å².